The highest BCUT2D eigenvalue weighted by Crippen LogP contribution is 2.28. The third kappa shape index (κ3) is 3.99. The molecule has 2 aliphatic heterocycles. The van der Waals surface area contributed by atoms with Gasteiger partial charge in [-0.25, -0.2) is 13.4 Å². The molecule has 0 radical (unpaired) electrons. The number of benzene rings is 1. The summed E-state index contributed by atoms with van der Waals surface area (Å²) in [6.07, 6.45) is 0.619. The van der Waals surface area contributed by atoms with Gasteiger partial charge in [0.1, 0.15) is 11.5 Å². The van der Waals surface area contributed by atoms with Gasteiger partial charge in [0.15, 0.2) is 9.84 Å². The van der Waals surface area contributed by atoms with Crippen molar-refractivity contribution >= 4 is 44.7 Å². The Labute approximate surface area is 156 Å². The Hall–Kier alpha value is -2.13. The van der Waals surface area contributed by atoms with Gasteiger partial charge in [0, 0.05) is 17.9 Å². The van der Waals surface area contributed by atoms with Crippen LogP contribution in [0.15, 0.2) is 23.3 Å². The summed E-state index contributed by atoms with van der Waals surface area (Å²) in [6, 6.07) is 4.29. The van der Waals surface area contributed by atoms with Gasteiger partial charge in [0.05, 0.1) is 30.3 Å². The summed E-state index contributed by atoms with van der Waals surface area (Å²) in [4.78, 5) is 24.7. The van der Waals surface area contributed by atoms with E-state index in [4.69, 9.17) is 16.3 Å². The van der Waals surface area contributed by atoms with Gasteiger partial charge in [0.25, 0.3) is 5.91 Å². The van der Waals surface area contributed by atoms with Crippen LogP contribution in [0.4, 0.5) is 5.69 Å². The molecule has 0 saturated carbocycles. The Morgan fingerprint density at radius 1 is 1.38 bits per heavy atom. The minimum absolute atomic E-state index is 0.0260. The number of amides is 2. The van der Waals surface area contributed by atoms with Crippen LogP contribution in [0, 0.1) is 0 Å². The molecule has 8 nitrogen and oxygen atoms in total. The number of nitrogens with one attached hydrogen (secondary N) is 1. The largest absolute Gasteiger partial charge is 0.495 e. The van der Waals surface area contributed by atoms with E-state index >= 15 is 0 Å². The van der Waals surface area contributed by atoms with E-state index in [1.807, 2.05) is 0 Å². The van der Waals surface area contributed by atoms with Gasteiger partial charge in [0.2, 0.25) is 5.91 Å². The number of ether oxygens (including phenoxy) is 1. The van der Waals surface area contributed by atoms with Crippen molar-refractivity contribution in [2.24, 2.45) is 5.10 Å². The number of carbonyl (C=O) groups is 2. The quantitative estimate of drug-likeness (QED) is 0.825. The molecule has 0 aromatic heterocycles. The highest BCUT2D eigenvalue weighted by atomic mass is 35.5. The molecule has 1 atom stereocenters. The van der Waals surface area contributed by atoms with Crippen LogP contribution in [0.5, 0.6) is 5.75 Å². The van der Waals surface area contributed by atoms with Crippen LogP contribution in [0.1, 0.15) is 19.3 Å². The van der Waals surface area contributed by atoms with E-state index in [9.17, 15) is 18.0 Å². The molecule has 1 saturated heterocycles. The molecule has 1 N–H and O–H groups in total. The molecule has 3 rings (SSSR count). The van der Waals surface area contributed by atoms with E-state index in [2.05, 4.69) is 10.4 Å². The Balaban J connectivity index is 1.80. The molecule has 0 aliphatic carbocycles. The third-order valence-corrected chi connectivity index (χ3v) is 6.27. The first kappa shape index (κ1) is 18.7. The Bertz CT molecular complexity index is 884. The average molecular weight is 400 g/mol. The van der Waals surface area contributed by atoms with Crippen molar-refractivity contribution < 1.29 is 22.7 Å². The average Bonchev–Trinajstić information content (AvgIpc) is 2.95. The summed E-state index contributed by atoms with van der Waals surface area (Å²) in [5.41, 5.74) is 0.551. The zero-order valence-electron chi connectivity index (χ0n) is 14.1. The lowest BCUT2D eigenvalue weighted by atomic mass is 10.1. The van der Waals surface area contributed by atoms with Crippen LogP contribution in [0.2, 0.25) is 5.02 Å². The lowest BCUT2D eigenvalue weighted by Crippen LogP contribution is -2.42. The molecular formula is C16H18ClN3O5S. The molecule has 2 aliphatic rings. The molecule has 140 valence electrons. The van der Waals surface area contributed by atoms with Gasteiger partial charge >= 0.3 is 0 Å². The van der Waals surface area contributed by atoms with E-state index in [-0.39, 0.29) is 36.0 Å². The van der Waals surface area contributed by atoms with Crippen LogP contribution in [0.3, 0.4) is 0 Å². The van der Waals surface area contributed by atoms with Gasteiger partial charge in [-0.2, -0.15) is 5.10 Å². The van der Waals surface area contributed by atoms with E-state index in [0.717, 1.165) is 5.01 Å². The molecule has 1 fully saturated rings. The molecule has 0 spiro atoms. The number of sulfone groups is 1. The van der Waals surface area contributed by atoms with Crippen molar-refractivity contribution in [1.82, 2.24) is 5.01 Å². The SMILES string of the molecule is COc1ccc(Cl)cc1NC(=O)C1=NN([C@H]2CCS(=O)(=O)C2)C(=O)CC1. The second-order valence-electron chi connectivity index (χ2n) is 6.14. The normalized spacial score (nSPS) is 22.1. The van der Waals surface area contributed by atoms with Crippen molar-refractivity contribution in [3.63, 3.8) is 0 Å². The second-order valence-corrected chi connectivity index (χ2v) is 8.81. The summed E-state index contributed by atoms with van der Waals surface area (Å²) in [6.45, 7) is 0. The van der Waals surface area contributed by atoms with E-state index in [0.29, 0.717) is 22.9 Å². The molecule has 1 aromatic rings. The van der Waals surface area contributed by atoms with Crippen LogP contribution < -0.4 is 10.1 Å². The van der Waals surface area contributed by atoms with Gasteiger partial charge in [-0.05, 0) is 24.6 Å². The summed E-state index contributed by atoms with van der Waals surface area (Å²) >= 11 is 5.95. The van der Waals surface area contributed by atoms with Gasteiger partial charge in [-0.1, -0.05) is 11.6 Å². The fraction of sp³-hybridized carbons (Fsp3) is 0.438. The number of hydrazone groups is 1. The summed E-state index contributed by atoms with van der Waals surface area (Å²) < 4.78 is 28.5. The Kier molecular flexibility index (Phi) is 5.19. The predicted molar refractivity (Wildman–Crippen MR) is 97.2 cm³/mol. The van der Waals surface area contributed by atoms with Crippen LogP contribution in [0.25, 0.3) is 0 Å². The minimum Gasteiger partial charge on any atom is -0.495 e. The number of rotatable bonds is 4. The van der Waals surface area contributed by atoms with E-state index in [1.165, 1.54) is 7.11 Å². The number of anilines is 1. The molecule has 2 amide bonds. The summed E-state index contributed by atoms with van der Waals surface area (Å²) in [7, 11) is -1.69. The van der Waals surface area contributed by atoms with Crippen molar-refractivity contribution in [2.75, 3.05) is 23.9 Å². The molecule has 2 heterocycles. The maximum absolute atomic E-state index is 12.5. The lowest BCUT2D eigenvalue weighted by Gasteiger charge is -2.27. The topological polar surface area (TPSA) is 105 Å². The third-order valence-electron chi connectivity index (χ3n) is 4.29. The Morgan fingerprint density at radius 3 is 2.81 bits per heavy atom. The van der Waals surface area contributed by atoms with Gasteiger partial charge < -0.3 is 10.1 Å². The fourth-order valence-electron chi connectivity index (χ4n) is 2.96. The lowest BCUT2D eigenvalue weighted by molar-refractivity contribution is -0.133. The number of carbonyl (C=O) groups excluding carboxylic acids is 2. The number of hydrogen-bond donors (Lipinski definition) is 1. The second kappa shape index (κ2) is 7.24. The zero-order valence-corrected chi connectivity index (χ0v) is 15.6. The van der Waals surface area contributed by atoms with Crippen molar-refractivity contribution in [3.8, 4) is 5.75 Å². The van der Waals surface area contributed by atoms with E-state index < -0.39 is 21.8 Å². The van der Waals surface area contributed by atoms with Crippen LogP contribution in [-0.4, -0.2) is 55.6 Å². The maximum Gasteiger partial charge on any atom is 0.271 e. The van der Waals surface area contributed by atoms with E-state index in [1.54, 1.807) is 18.2 Å². The zero-order chi connectivity index (χ0) is 18.9. The molecule has 10 heteroatoms. The standard InChI is InChI=1S/C16H18ClN3O5S/c1-25-14-4-2-10(17)8-13(14)18-16(22)12-3-5-15(21)20(19-12)11-6-7-26(23,24)9-11/h2,4,8,11H,3,5-7,9H2,1H3,(H,18,22)/t11-/m0/s1. The van der Waals surface area contributed by atoms with Crippen molar-refractivity contribution in [3.05, 3.63) is 23.2 Å². The van der Waals surface area contributed by atoms with Crippen molar-refractivity contribution in [2.45, 2.75) is 25.3 Å². The first-order valence-electron chi connectivity index (χ1n) is 8.04. The highest BCUT2D eigenvalue weighted by Gasteiger charge is 2.37. The fourth-order valence-corrected chi connectivity index (χ4v) is 4.82. The summed E-state index contributed by atoms with van der Waals surface area (Å²) in [5, 5.41) is 8.39. The number of hydrogen-bond acceptors (Lipinski definition) is 6. The van der Waals surface area contributed by atoms with Gasteiger partial charge in [-0.15, -0.1) is 0 Å². The minimum atomic E-state index is -3.16. The smallest absolute Gasteiger partial charge is 0.271 e. The molecule has 26 heavy (non-hydrogen) atoms. The maximum atomic E-state index is 12.5. The van der Waals surface area contributed by atoms with Crippen LogP contribution in [-0.2, 0) is 19.4 Å². The monoisotopic (exact) mass is 399 g/mol. The number of halogens is 1. The number of nitrogens with zero attached hydrogens (tertiary/aromatic N) is 2. The molecule has 0 bridgehead atoms. The molecular weight excluding hydrogens is 382 g/mol. The first-order valence-corrected chi connectivity index (χ1v) is 10.2. The van der Waals surface area contributed by atoms with Crippen molar-refractivity contribution in [1.29, 1.82) is 0 Å². The summed E-state index contributed by atoms with van der Waals surface area (Å²) in [5.74, 6) is -0.417. The highest BCUT2D eigenvalue weighted by molar-refractivity contribution is 7.91. The Morgan fingerprint density at radius 2 is 2.15 bits per heavy atom. The first-order chi connectivity index (χ1) is 12.3. The predicted octanol–water partition coefficient (Wildman–Crippen LogP) is 1.45. The molecule has 0 unspecified atom stereocenters. The number of methoxy groups -OCH3 is 1. The van der Waals surface area contributed by atoms with Crippen LogP contribution >= 0.6 is 11.6 Å². The van der Waals surface area contributed by atoms with Gasteiger partial charge in [-0.3, -0.25) is 9.59 Å². The molecule has 1 aromatic carbocycles.